The average Bonchev–Trinajstić information content (AvgIpc) is 3.30. The van der Waals surface area contributed by atoms with Gasteiger partial charge in [-0.15, -0.1) is 5.10 Å². The number of hydrogen-bond acceptors (Lipinski definition) is 8. The van der Waals surface area contributed by atoms with Crippen molar-refractivity contribution in [3.05, 3.63) is 41.7 Å². The number of fused-ring (bicyclic) bond motifs is 1. The van der Waals surface area contributed by atoms with Crippen LogP contribution in [0, 0.1) is 17.2 Å². The van der Waals surface area contributed by atoms with Crippen LogP contribution in [0.4, 0.5) is 0 Å². The number of likely N-dealkylation sites (N-methyl/N-ethyl adjacent to an activating group) is 1. The summed E-state index contributed by atoms with van der Waals surface area (Å²) in [5.74, 6) is -0.339. The maximum atomic E-state index is 13.2. The molecule has 0 radical (unpaired) electrons. The number of aryl methyl sites for hydroxylation is 1. The molecule has 1 aromatic carbocycles. The zero-order chi connectivity index (χ0) is 25.6. The van der Waals surface area contributed by atoms with E-state index in [0.717, 1.165) is 5.69 Å². The zero-order valence-corrected chi connectivity index (χ0v) is 21.1. The van der Waals surface area contributed by atoms with Crippen molar-refractivity contribution in [1.29, 1.82) is 5.26 Å². The average molecular weight is 505 g/mol. The van der Waals surface area contributed by atoms with E-state index < -0.39 is 16.1 Å². The van der Waals surface area contributed by atoms with Gasteiger partial charge in [0.05, 0.1) is 53.8 Å². The molecule has 0 saturated carbocycles. The standard InChI is InChI=1S/C23H32N6O5S/c1-17-13-28(18(2)15-30)23(31)8-5-9-29-20(12-25-26-29)16-34-22(17)14-27(3)35(32,33)21-7-4-6-19(10-21)11-24/h4,6-7,10,12,17-18,22,30H,5,8-9,13-16H2,1-3H3/t17-,18+,22+/m1/s1. The number of ether oxygens (including phenoxy) is 1. The number of aromatic nitrogens is 3. The number of carbonyl (C=O) groups is 1. The Morgan fingerprint density at radius 3 is 2.89 bits per heavy atom. The van der Waals surface area contributed by atoms with E-state index >= 15 is 0 Å². The van der Waals surface area contributed by atoms with E-state index in [1.807, 2.05) is 13.0 Å². The highest BCUT2D eigenvalue weighted by molar-refractivity contribution is 7.89. The molecule has 3 rings (SSSR count). The predicted molar refractivity (Wildman–Crippen MR) is 126 cm³/mol. The van der Waals surface area contributed by atoms with Crippen LogP contribution in [0.15, 0.2) is 35.4 Å². The van der Waals surface area contributed by atoms with Crippen LogP contribution in [-0.4, -0.2) is 82.5 Å². The molecule has 190 valence electrons. The van der Waals surface area contributed by atoms with Gasteiger partial charge in [0.2, 0.25) is 15.9 Å². The lowest BCUT2D eigenvalue weighted by Gasteiger charge is -2.35. The Balaban J connectivity index is 1.88. The van der Waals surface area contributed by atoms with Crippen molar-refractivity contribution in [1.82, 2.24) is 24.2 Å². The Morgan fingerprint density at radius 1 is 1.40 bits per heavy atom. The lowest BCUT2D eigenvalue weighted by molar-refractivity contribution is -0.136. The van der Waals surface area contributed by atoms with Gasteiger partial charge in [-0.2, -0.15) is 9.57 Å². The van der Waals surface area contributed by atoms with Crippen LogP contribution >= 0.6 is 0 Å². The maximum absolute atomic E-state index is 13.2. The summed E-state index contributed by atoms with van der Waals surface area (Å²) in [5, 5.41) is 26.9. The van der Waals surface area contributed by atoms with Gasteiger partial charge in [-0.3, -0.25) is 4.79 Å². The Hall–Kier alpha value is -2.85. The highest BCUT2D eigenvalue weighted by atomic mass is 32.2. The molecule has 1 aliphatic rings. The Bertz CT molecular complexity index is 1160. The monoisotopic (exact) mass is 504 g/mol. The maximum Gasteiger partial charge on any atom is 0.242 e. The Morgan fingerprint density at radius 2 is 2.17 bits per heavy atom. The lowest BCUT2D eigenvalue weighted by Crippen LogP contribution is -2.47. The van der Waals surface area contributed by atoms with E-state index in [2.05, 4.69) is 10.3 Å². The number of benzene rings is 1. The Kier molecular flexibility index (Phi) is 8.96. The molecule has 2 heterocycles. The molecule has 0 spiro atoms. The first-order chi connectivity index (χ1) is 16.7. The molecule has 0 aliphatic carbocycles. The third-order valence-corrected chi connectivity index (χ3v) is 8.07. The minimum atomic E-state index is -3.89. The van der Waals surface area contributed by atoms with Gasteiger partial charge in [0.15, 0.2) is 0 Å². The molecular weight excluding hydrogens is 472 g/mol. The first kappa shape index (κ1) is 26.7. The van der Waals surface area contributed by atoms with Crippen molar-refractivity contribution in [3.8, 4) is 6.07 Å². The Labute approximate surface area is 205 Å². The number of hydrogen-bond donors (Lipinski definition) is 1. The van der Waals surface area contributed by atoms with Crippen molar-refractivity contribution in [2.75, 3.05) is 26.7 Å². The molecule has 11 nitrogen and oxygen atoms in total. The molecule has 1 aromatic heterocycles. The number of aliphatic hydroxyl groups excluding tert-OH is 1. The minimum Gasteiger partial charge on any atom is -0.394 e. The molecule has 0 bridgehead atoms. The summed E-state index contributed by atoms with van der Waals surface area (Å²) in [6, 6.07) is 7.44. The van der Waals surface area contributed by atoms with Gasteiger partial charge < -0.3 is 14.7 Å². The third kappa shape index (κ3) is 6.43. The highest BCUT2D eigenvalue weighted by Crippen LogP contribution is 2.21. The minimum absolute atomic E-state index is 0.0211. The van der Waals surface area contributed by atoms with Gasteiger partial charge in [0, 0.05) is 39.0 Å². The second kappa shape index (κ2) is 11.7. The largest absolute Gasteiger partial charge is 0.394 e. The van der Waals surface area contributed by atoms with Crippen molar-refractivity contribution in [3.63, 3.8) is 0 Å². The first-order valence-corrected chi connectivity index (χ1v) is 13.0. The molecule has 0 fully saturated rings. The normalized spacial score (nSPS) is 21.0. The molecule has 1 N–H and O–H groups in total. The molecule has 35 heavy (non-hydrogen) atoms. The summed E-state index contributed by atoms with van der Waals surface area (Å²) in [6.45, 7) is 4.51. The zero-order valence-electron chi connectivity index (χ0n) is 20.2. The number of amides is 1. The summed E-state index contributed by atoms with van der Waals surface area (Å²) in [4.78, 5) is 14.6. The molecule has 12 heteroatoms. The first-order valence-electron chi connectivity index (χ1n) is 11.5. The molecule has 0 unspecified atom stereocenters. The molecule has 3 atom stereocenters. The van der Waals surface area contributed by atoms with Crippen LogP contribution in [0.2, 0.25) is 0 Å². The van der Waals surface area contributed by atoms with Crippen molar-refractivity contribution < 1.29 is 23.1 Å². The quantitative estimate of drug-likeness (QED) is 0.614. The molecule has 1 aliphatic heterocycles. The van der Waals surface area contributed by atoms with Crippen molar-refractivity contribution >= 4 is 15.9 Å². The number of sulfonamides is 1. The number of nitrogens with zero attached hydrogens (tertiary/aromatic N) is 6. The predicted octanol–water partition coefficient (Wildman–Crippen LogP) is 0.995. The van der Waals surface area contributed by atoms with Crippen LogP contribution in [0.3, 0.4) is 0 Å². The van der Waals surface area contributed by atoms with Crippen molar-refractivity contribution in [2.24, 2.45) is 5.92 Å². The molecular formula is C23H32N6O5S. The summed E-state index contributed by atoms with van der Waals surface area (Å²) in [7, 11) is -2.42. The number of aliphatic hydroxyl groups is 1. The number of rotatable bonds is 6. The van der Waals surface area contributed by atoms with E-state index in [4.69, 9.17) is 10.00 Å². The fourth-order valence-electron chi connectivity index (χ4n) is 4.00. The van der Waals surface area contributed by atoms with Crippen LogP contribution in [-0.2, 0) is 32.7 Å². The molecule has 2 aromatic rings. The SMILES string of the molecule is C[C@@H]1CN([C@@H](C)CO)C(=O)CCCn2nncc2CO[C@H]1CN(C)S(=O)(=O)c1cccc(C#N)c1. The fourth-order valence-corrected chi connectivity index (χ4v) is 5.23. The summed E-state index contributed by atoms with van der Waals surface area (Å²) < 4.78 is 35.5. The summed E-state index contributed by atoms with van der Waals surface area (Å²) >= 11 is 0. The van der Waals surface area contributed by atoms with Gasteiger partial charge in [-0.1, -0.05) is 18.2 Å². The third-order valence-electron chi connectivity index (χ3n) is 6.25. The second-order valence-corrected chi connectivity index (χ2v) is 10.9. The van der Waals surface area contributed by atoms with Crippen LogP contribution in [0.1, 0.15) is 37.9 Å². The van der Waals surface area contributed by atoms with Crippen LogP contribution < -0.4 is 0 Å². The lowest BCUT2D eigenvalue weighted by atomic mass is 10.0. The molecule has 1 amide bonds. The summed E-state index contributed by atoms with van der Waals surface area (Å²) in [5.41, 5.74) is 0.992. The van der Waals surface area contributed by atoms with Crippen LogP contribution in [0.25, 0.3) is 0 Å². The topological polar surface area (TPSA) is 142 Å². The fraction of sp³-hybridized carbons (Fsp3) is 0.565. The smallest absolute Gasteiger partial charge is 0.242 e. The van der Waals surface area contributed by atoms with E-state index in [1.54, 1.807) is 28.8 Å². The van der Waals surface area contributed by atoms with Gasteiger partial charge in [0.25, 0.3) is 0 Å². The van der Waals surface area contributed by atoms with Gasteiger partial charge >= 0.3 is 0 Å². The van der Waals surface area contributed by atoms with Gasteiger partial charge in [-0.25, -0.2) is 13.1 Å². The van der Waals surface area contributed by atoms with Gasteiger partial charge in [0.1, 0.15) is 0 Å². The van der Waals surface area contributed by atoms with Gasteiger partial charge in [-0.05, 0) is 31.5 Å². The van der Waals surface area contributed by atoms with E-state index in [1.165, 1.54) is 29.6 Å². The number of carbonyl (C=O) groups excluding carboxylic acids is 1. The van der Waals surface area contributed by atoms with E-state index in [9.17, 15) is 18.3 Å². The summed E-state index contributed by atoms with van der Waals surface area (Å²) in [6.07, 6.45) is 1.90. The van der Waals surface area contributed by atoms with E-state index in [0.29, 0.717) is 25.9 Å². The second-order valence-electron chi connectivity index (χ2n) is 8.88. The van der Waals surface area contributed by atoms with Crippen molar-refractivity contribution in [2.45, 2.75) is 56.9 Å². The molecule has 0 saturated heterocycles. The van der Waals surface area contributed by atoms with E-state index in [-0.39, 0.29) is 48.1 Å². The van der Waals surface area contributed by atoms with Crippen LogP contribution in [0.5, 0.6) is 0 Å². The number of nitriles is 1. The highest BCUT2D eigenvalue weighted by Gasteiger charge is 2.31.